The number of ketones is 2. The normalized spacial score (nSPS) is 24.3. The van der Waals surface area contributed by atoms with Crippen LogP contribution in [-0.4, -0.2) is 22.3 Å². The lowest BCUT2D eigenvalue weighted by molar-refractivity contribution is -0.136. The fourth-order valence-corrected chi connectivity index (χ4v) is 2.52. The Bertz CT molecular complexity index is 495. The molecule has 112 valence electrons. The van der Waals surface area contributed by atoms with E-state index < -0.39 is 5.60 Å². The van der Waals surface area contributed by atoms with Crippen molar-refractivity contribution in [3.8, 4) is 0 Å². The first kappa shape index (κ1) is 16.8. The maximum Gasteiger partial charge on any atom is 0.192 e. The van der Waals surface area contributed by atoms with Gasteiger partial charge in [0.1, 0.15) is 5.78 Å². The Kier molecular flexibility index (Phi) is 4.17. The van der Waals surface area contributed by atoms with Crippen LogP contribution in [0.1, 0.15) is 54.9 Å². The second-order valence-corrected chi connectivity index (χ2v) is 7.76. The second kappa shape index (κ2) is 4.96. The van der Waals surface area contributed by atoms with E-state index in [1.807, 2.05) is 47.6 Å². The summed E-state index contributed by atoms with van der Waals surface area (Å²) in [6.07, 6.45) is 3.21. The van der Waals surface area contributed by atoms with Crippen molar-refractivity contribution in [1.82, 2.24) is 0 Å². The number of allylic oxidation sites excluding steroid dienone is 2. The summed E-state index contributed by atoms with van der Waals surface area (Å²) in [6.45, 7) is 13.3. The maximum absolute atomic E-state index is 12.4. The van der Waals surface area contributed by atoms with Crippen LogP contribution in [0.5, 0.6) is 0 Å². The summed E-state index contributed by atoms with van der Waals surface area (Å²) in [4.78, 5) is 23.9. The quantitative estimate of drug-likeness (QED) is 0.843. The molecule has 0 unspecified atom stereocenters. The van der Waals surface area contributed by atoms with Crippen LogP contribution in [-0.2, 0) is 9.59 Å². The molecule has 0 saturated heterocycles. The molecule has 1 rings (SSSR count). The third-order valence-corrected chi connectivity index (χ3v) is 3.62. The van der Waals surface area contributed by atoms with Crippen molar-refractivity contribution in [2.45, 2.75) is 60.5 Å². The standard InChI is InChI=1S/C17H26O3/c1-11(18)10-17(20)13(16(5,6)7)8-12(9-14(17)19)15(2,3)4/h8-9,20H,10H2,1-7H3/t17-/m1/s1. The summed E-state index contributed by atoms with van der Waals surface area (Å²) in [5.74, 6) is -0.575. The van der Waals surface area contributed by atoms with Gasteiger partial charge in [-0.1, -0.05) is 47.6 Å². The van der Waals surface area contributed by atoms with E-state index in [9.17, 15) is 14.7 Å². The third-order valence-electron chi connectivity index (χ3n) is 3.62. The molecule has 0 bridgehead atoms. The van der Waals surface area contributed by atoms with Crippen LogP contribution in [0.2, 0.25) is 0 Å². The van der Waals surface area contributed by atoms with Crippen molar-refractivity contribution in [2.75, 3.05) is 0 Å². The van der Waals surface area contributed by atoms with E-state index in [0.29, 0.717) is 5.57 Å². The Hall–Kier alpha value is -1.22. The van der Waals surface area contributed by atoms with E-state index >= 15 is 0 Å². The second-order valence-electron chi connectivity index (χ2n) is 7.76. The first-order chi connectivity index (χ1) is 8.78. The number of hydrogen-bond donors (Lipinski definition) is 1. The van der Waals surface area contributed by atoms with Gasteiger partial charge < -0.3 is 5.11 Å². The van der Waals surface area contributed by atoms with E-state index in [0.717, 1.165) is 5.57 Å². The zero-order valence-electron chi connectivity index (χ0n) is 13.6. The van der Waals surface area contributed by atoms with Gasteiger partial charge in [0.25, 0.3) is 0 Å². The van der Waals surface area contributed by atoms with Gasteiger partial charge in [-0.05, 0) is 35.0 Å². The van der Waals surface area contributed by atoms with Crippen LogP contribution in [0.4, 0.5) is 0 Å². The highest BCUT2D eigenvalue weighted by Gasteiger charge is 2.46. The minimum Gasteiger partial charge on any atom is -0.377 e. The molecule has 0 spiro atoms. The molecular weight excluding hydrogens is 252 g/mol. The molecule has 0 aromatic carbocycles. The SMILES string of the molecule is CC(=O)C[C@]1(O)C(=O)C=C(C(C)(C)C)C=C1C(C)(C)C. The lowest BCUT2D eigenvalue weighted by atomic mass is 9.66. The fraction of sp³-hybridized carbons (Fsp3) is 0.647. The van der Waals surface area contributed by atoms with Crippen LogP contribution in [0.15, 0.2) is 23.3 Å². The van der Waals surface area contributed by atoms with Gasteiger partial charge in [0.15, 0.2) is 11.4 Å². The Morgan fingerprint density at radius 3 is 1.95 bits per heavy atom. The molecule has 0 fully saturated rings. The van der Waals surface area contributed by atoms with E-state index in [1.165, 1.54) is 13.0 Å². The van der Waals surface area contributed by atoms with Crippen LogP contribution in [0.3, 0.4) is 0 Å². The molecule has 1 N–H and O–H groups in total. The van der Waals surface area contributed by atoms with Gasteiger partial charge in [-0.15, -0.1) is 0 Å². The number of aliphatic hydroxyl groups is 1. The van der Waals surface area contributed by atoms with E-state index in [2.05, 4.69) is 0 Å². The molecule has 3 heteroatoms. The average Bonchev–Trinajstić information content (AvgIpc) is 2.17. The van der Waals surface area contributed by atoms with E-state index in [4.69, 9.17) is 0 Å². The van der Waals surface area contributed by atoms with Gasteiger partial charge in [-0.3, -0.25) is 9.59 Å². The summed E-state index contributed by atoms with van der Waals surface area (Å²) >= 11 is 0. The van der Waals surface area contributed by atoms with Crippen molar-refractivity contribution < 1.29 is 14.7 Å². The predicted octanol–water partition coefficient (Wildman–Crippen LogP) is 3.22. The predicted molar refractivity (Wildman–Crippen MR) is 80.3 cm³/mol. The molecule has 0 saturated carbocycles. The Balaban J connectivity index is 3.46. The van der Waals surface area contributed by atoms with Gasteiger partial charge in [-0.2, -0.15) is 0 Å². The lowest BCUT2D eigenvalue weighted by Gasteiger charge is -2.40. The summed E-state index contributed by atoms with van der Waals surface area (Å²) in [5.41, 5.74) is -0.744. The highest BCUT2D eigenvalue weighted by molar-refractivity contribution is 6.04. The number of rotatable bonds is 2. The first-order valence-corrected chi connectivity index (χ1v) is 6.99. The summed E-state index contributed by atoms with van der Waals surface area (Å²) in [6, 6.07) is 0. The summed E-state index contributed by atoms with van der Waals surface area (Å²) in [7, 11) is 0. The van der Waals surface area contributed by atoms with Gasteiger partial charge in [0, 0.05) is 6.42 Å². The smallest absolute Gasteiger partial charge is 0.192 e. The van der Waals surface area contributed by atoms with Crippen LogP contribution >= 0.6 is 0 Å². The lowest BCUT2D eigenvalue weighted by Crippen LogP contribution is -2.47. The van der Waals surface area contributed by atoms with Gasteiger partial charge in [-0.25, -0.2) is 0 Å². The molecule has 0 heterocycles. The summed E-state index contributed by atoms with van der Waals surface area (Å²) in [5, 5.41) is 10.8. The van der Waals surface area contributed by atoms with Gasteiger partial charge >= 0.3 is 0 Å². The Morgan fingerprint density at radius 2 is 1.60 bits per heavy atom. The van der Waals surface area contributed by atoms with Crippen molar-refractivity contribution in [1.29, 1.82) is 0 Å². The molecular formula is C17H26O3. The molecule has 0 radical (unpaired) electrons. The molecule has 1 aliphatic rings. The molecule has 1 aliphatic carbocycles. The molecule has 0 aromatic heterocycles. The van der Waals surface area contributed by atoms with Crippen molar-refractivity contribution >= 4 is 11.6 Å². The molecule has 1 atom stereocenters. The maximum atomic E-state index is 12.4. The van der Waals surface area contributed by atoms with Crippen molar-refractivity contribution in [3.05, 3.63) is 23.3 Å². The Labute approximate surface area is 121 Å². The van der Waals surface area contributed by atoms with Crippen molar-refractivity contribution in [2.24, 2.45) is 10.8 Å². The fourth-order valence-electron chi connectivity index (χ4n) is 2.52. The van der Waals surface area contributed by atoms with Gasteiger partial charge in [0.2, 0.25) is 0 Å². The molecule has 20 heavy (non-hydrogen) atoms. The monoisotopic (exact) mass is 278 g/mol. The summed E-state index contributed by atoms with van der Waals surface area (Å²) < 4.78 is 0. The first-order valence-electron chi connectivity index (χ1n) is 6.99. The number of Topliss-reactive ketones (excluding diaryl/α,β-unsaturated/α-hetero) is 1. The van der Waals surface area contributed by atoms with E-state index in [1.54, 1.807) is 0 Å². The van der Waals surface area contributed by atoms with Crippen LogP contribution in [0.25, 0.3) is 0 Å². The topological polar surface area (TPSA) is 54.4 Å². The van der Waals surface area contributed by atoms with Crippen molar-refractivity contribution in [3.63, 3.8) is 0 Å². The van der Waals surface area contributed by atoms with Gasteiger partial charge in [0.05, 0.1) is 0 Å². The number of carbonyl (C=O) groups is 2. The number of carbonyl (C=O) groups excluding carboxylic acids is 2. The molecule has 0 aliphatic heterocycles. The minimum atomic E-state index is -1.70. The molecule has 3 nitrogen and oxygen atoms in total. The Morgan fingerprint density at radius 1 is 1.10 bits per heavy atom. The largest absolute Gasteiger partial charge is 0.377 e. The van der Waals surface area contributed by atoms with E-state index in [-0.39, 0.29) is 28.8 Å². The molecule has 0 amide bonds. The third kappa shape index (κ3) is 3.26. The zero-order chi connectivity index (χ0) is 15.9. The minimum absolute atomic E-state index is 0.164. The zero-order valence-corrected chi connectivity index (χ0v) is 13.6. The number of hydrogen-bond acceptors (Lipinski definition) is 3. The van der Waals surface area contributed by atoms with Crippen LogP contribution in [0, 0.1) is 10.8 Å². The highest BCUT2D eigenvalue weighted by Crippen LogP contribution is 2.43. The highest BCUT2D eigenvalue weighted by atomic mass is 16.3. The van der Waals surface area contributed by atoms with Crippen LogP contribution < -0.4 is 0 Å². The average molecular weight is 278 g/mol. The molecule has 0 aromatic rings.